The fourth-order valence-electron chi connectivity index (χ4n) is 2.94. The molecule has 0 saturated carbocycles. The summed E-state index contributed by atoms with van der Waals surface area (Å²) >= 11 is 0. The third kappa shape index (κ3) is 6.57. The number of hydrogen-bond acceptors (Lipinski definition) is 4. The summed E-state index contributed by atoms with van der Waals surface area (Å²) in [6, 6.07) is 5.95. The van der Waals surface area contributed by atoms with Crippen LogP contribution in [0.15, 0.2) is 18.2 Å². The highest BCUT2D eigenvalue weighted by Gasteiger charge is 2.15. The molecule has 1 heterocycles. The molecule has 1 aromatic rings. The average Bonchev–Trinajstić information content (AvgIpc) is 3.10. The maximum atomic E-state index is 11.8. The number of halogens is 1. The van der Waals surface area contributed by atoms with Gasteiger partial charge in [0, 0.05) is 13.0 Å². The average molecular weight is 357 g/mol. The zero-order valence-corrected chi connectivity index (χ0v) is 15.4. The molecule has 1 saturated heterocycles. The Kier molecular flexibility index (Phi) is 9.57. The van der Waals surface area contributed by atoms with Crippen molar-refractivity contribution in [2.45, 2.75) is 32.1 Å². The van der Waals surface area contributed by atoms with Crippen LogP contribution in [-0.2, 0) is 11.2 Å². The van der Waals surface area contributed by atoms with Crippen LogP contribution in [0.3, 0.4) is 0 Å². The van der Waals surface area contributed by atoms with Crippen LogP contribution in [-0.4, -0.2) is 39.8 Å². The van der Waals surface area contributed by atoms with Crippen LogP contribution in [0.4, 0.5) is 0 Å². The predicted molar refractivity (Wildman–Crippen MR) is 98.3 cm³/mol. The van der Waals surface area contributed by atoms with Crippen molar-refractivity contribution in [1.82, 2.24) is 10.6 Å². The number of carbonyl (C=O) groups excluding carboxylic acids is 1. The molecule has 1 unspecified atom stereocenters. The molecule has 5 nitrogen and oxygen atoms in total. The number of hydrogen-bond donors (Lipinski definition) is 2. The predicted octanol–water partition coefficient (Wildman–Crippen LogP) is 2.56. The highest BCUT2D eigenvalue weighted by molar-refractivity contribution is 5.85. The summed E-state index contributed by atoms with van der Waals surface area (Å²) in [5, 5.41) is 6.35. The van der Waals surface area contributed by atoms with Crippen LogP contribution in [0.2, 0.25) is 0 Å². The van der Waals surface area contributed by atoms with Gasteiger partial charge in [-0.3, -0.25) is 4.79 Å². The van der Waals surface area contributed by atoms with Gasteiger partial charge in [0.25, 0.3) is 0 Å². The Bertz CT molecular complexity index is 505. The molecule has 1 atom stereocenters. The Hall–Kier alpha value is -1.46. The van der Waals surface area contributed by atoms with Crippen molar-refractivity contribution in [1.29, 1.82) is 0 Å². The first-order chi connectivity index (χ1) is 11.2. The van der Waals surface area contributed by atoms with Gasteiger partial charge in [-0.05, 0) is 62.4 Å². The van der Waals surface area contributed by atoms with Gasteiger partial charge in [-0.25, -0.2) is 0 Å². The molecule has 136 valence electrons. The topological polar surface area (TPSA) is 59.6 Å². The minimum atomic E-state index is 0. The second kappa shape index (κ2) is 11.2. The molecule has 0 spiro atoms. The minimum Gasteiger partial charge on any atom is -0.493 e. The van der Waals surface area contributed by atoms with Gasteiger partial charge < -0.3 is 20.1 Å². The summed E-state index contributed by atoms with van der Waals surface area (Å²) in [5.74, 6) is 2.34. The number of rotatable bonds is 9. The lowest BCUT2D eigenvalue weighted by Crippen LogP contribution is -2.25. The fourth-order valence-corrected chi connectivity index (χ4v) is 2.94. The summed E-state index contributed by atoms with van der Waals surface area (Å²) < 4.78 is 10.5. The van der Waals surface area contributed by atoms with E-state index in [2.05, 4.69) is 10.6 Å². The van der Waals surface area contributed by atoms with Gasteiger partial charge in [-0.15, -0.1) is 12.4 Å². The molecule has 0 bridgehead atoms. The molecule has 2 rings (SSSR count). The van der Waals surface area contributed by atoms with Crippen LogP contribution in [0.1, 0.15) is 31.2 Å². The third-order valence-electron chi connectivity index (χ3n) is 4.35. The lowest BCUT2D eigenvalue weighted by molar-refractivity contribution is -0.121. The smallest absolute Gasteiger partial charge is 0.220 e. The van der Waals surface area contributed by atoms with Crippen molar-refractivity contribution in [3.63, 3.8) is 0 Å². The van der Waals surface area contributed by atoms with Crippen LogP contribution in [0, 0.1) is 5.92 Å². The van der Waals surface area contributed by atoms with E-state index >= 15 is 0 Å². The number of nitrogens with one attached hydrogen (secondary N) is 2. The molecule has 1 fully saturated rings. The standard InChI is InChI=1S/C18H28N2O3.ClH/c1-22-16-7-5-14(12-17(16)23-2)4-3-10-20-18(21)8-6-15-9-11-19-13-15;/h5,7,12,15,19H,3-4,6,8-11,13H2,1-2H3,(H,20,21);1H. The fraction of sp³-hybridized carbons (Fsp3) is 0.611. The summed E-state index contributed by atoms with van der Waals surface area (Å²) in [5.41, 5.74) is 1.19. The molecule has 1 aliphatic rings. The van der Waals surface area contributed by atoms with E-state index in [1.807, 2.05) is 18.2 Å². The molecule has 0 aromatic heterocycles. The van der Waals surface area contributed by atoms with E-state index in [1.54, 1.807) is 14.2 Å². The molecule has 2 N–H and O–H groups in total. The van der Waals surface area contributed by atoms with E-state index in [4.69, 9.17) is 9.47 Å². The van der Waals surface area contributed by atoms with E-state index < -0.39 is 0 Å². The Labute approximate surface area is 150 Å². The van der Waals surface area contributed by atoms with Crippen LogP contribution < -0.4 is 20.1 Å². The van der Waals surface area contributed by atoms with E-state index in [0.29, 0.717) is 12.3 Å². The largest absolute Gasteiger partial charge is 0.493 e. The maximum Gasteiger partial charge on any atom is 0.220 e. The first-order valence-electron chi connectivity index (χ1n) is 8.41. The van der Waals surface area contributed by atoms with E-state index in [1.165, 1.54) is 12.0 Å². The molecule has 24 heavy (non-hydrogen) atoms. The van der Waals surface area contributed by atoms with Crippen molar-refractivity contribution in [2.75, 3.05) is 33.9 Å². The molecular weight excluding hydrogens is 328 g/mol. The second-order valence-corrected chi connectivity index (χ2v) is 6.04. The van der Waals surface area contributed by atoms with Gasteiger partial charge in [-0.2, -0.15) is 0 Å². The molecule has 0 radical (unpaired) electrons. The zero-order chi connectivity index (χ0) is 16.5. The number of amides is 1. The quantitative estimate of drug-likeness (QED) is 0.668. The number of aryl methyl sites for hydroxylation is 1. The number of ether oxygens (including phenoxy) is 2. The Morgan fingerprint density at radius 2 is 2.08 bits per heavy atom. The van der Waals surface area contributed by atoms with Gasteiger partial charge >= 0.3 is 0 Å². The third-order valence-corrected chi connectivity index (χ3v) is 4.35. The van der Waals surface area contributed by atoms with E-state index in [9.17, 15) is 4.79 Å². The lowest BCUT2D eigenvalue weighted by Gasteiger charge is -2.10. The van der Waals surface area contributed by atoms with Gasteiger partial charge in [0.15, 0.2) is 11.5 Å². The summed E-state index contributed by atoms with van der Waals surface area (Å²) in [7, 11) is 3.27. The zero-order valence-electron chi connectivity index (χ0n) is 14.6. The molecule has 6 heteroatoms. The van der Waals surface area contributed by atoms with Gasteiger partial charge in [-0.1, -0.05) is 6.07 Å². The summed E-state index contributed by atoms with van der Waals surface area (Å²) in [6.45, 7) is 2.88. The van der Waals surface area contributed by atoms with Crippen molar-refractivity contribution >= 4 is 18.3 Å². The molecule has 1 aliphatic heterocycles. The normalized spacial score (nSPS) is 16.3. The highest BCUT2D eigenvalue weighted by atomic mass is 35.5. The molecular formula is C18H29ClN2O3. The SMILES string of the molecule is COc1ccc(CCCNC(=O)CCC2CCNC2)cc1OC.Cl. The number of methoxy groups -OCH3 is 2. The van der Waals surface area contributed by atoms with Crippen LogP contribution in [0.5, 0.6) is 11.5 Å². The maximum absolute atomic E-state index is 11.8. The second-order valence-electron chi connectivity index (χ2n) is 6.04. The highest BCUT2D eigenvalue weighted by Crippen LogP contribution is 2.27. The van der Waals surface area contributed by atoms with Crippen LogP contribution >= 0.6 is 12.4 Å². The van der Waals surface area contributed by atoms with Gasteiger partial charge in [0.1, 0.15) is 0 Å². The summed E-state index contributed by atoms with van der Waals surface area (Å²) in [6.07, 6.45) is 4.67. The van der Waals surface area contributed by atoms with E-state index in [-0.39, 0.29) is 18.3 Å². The molecule has 1 amide bonds. The Morgan fingerprint density at radius 3 is 2.75 bits per heavy atom. The van der Waals surface area contributed by atoms with Crippen molar-refractivity contribution in [2.24, 2.45) is 5.92 Å². The minimum absolute atomic E-state index is 0. The first-order valence-corrected chi connectivity index (χ1v) is 8.41. The summed E-state index contributed by atoms with van der Waals surface area (Å²) in [4.78, 5) is 11.8. The Balaban J connectivity index is 0.00000288. The molecule has 1 aromatic carbocycles. The van der Waals surface area contributed by atoms with Crippen molar-refractivity contribution in [3.05, 3.63) is 23.8 Å². The van der Waals surface area contributed by atoms with E-state index in [0.717, 1.165) is 50.4 Å². The number of benzene rings is 1. The molecule has 0 aliphatic carbocycles. The monoisotopic (exact) mass is 356 g/mol. The van der Waals surface area contributed by atoms with Crippen molar-refractivity contribution in [3.8, 4) is 11.5 Å². The van der Waals surface area contributed by atoms with Gasteiger partial charge in [0.05, 0.1) is 14.2 Å². The van der Waals surface area contributed by atoms with Gasteiger partial charge in [0.2, 0.25) is 5.91 Å². The van der Waals surface area contributed by atoms with Crippen molar-refractivity contribution < 1.29 is 14.3 Å². The van der Waals surface area contributed by atoms with Crippen LogP contribution in [0.25, 0.3) is 0 Å². The first kappa shape index (κ1) is 20.6. The number of carbonyl (C=O) groups is 1. The Morgan fingerprint density at radius 1 is 1.29 bits per heavy atom. The lowest BCUT2D eigenvalue weighted by atomic mass is 10.0.